The molecule has 0 unspecified atom stereocenters. The quantitative estimate of drug-likeness (QED) is 0.901. The lowest BCUT2D eigenvalue weighted by molar-refractivity contribution is 0.0530. The SMILES string of the molecule is Cc1cc(C)n(C[C@@H](C)CNC(=O)N2CCOCC2)n1. The number of hydrogen-bond acceptors (Lipinski definition) is 3. The van der Waals surface area contributed by atoms with Crippen molar-refractivity contribution in [3.63, 3.8) is 0 Å². The highest BCUT2D eigenvalue weighted by Gasteiger charge is 2.17. The molecular weight excluding hydrogens is 256 g/mol. The van der Waals surface area contributed by atoms with E-state index >= 15 is 0 Å². The Balaban J connectivity index is 1.75. The third kappa shape index (κ3) is 3.96. The number of morpholine rings is 1. The molecule has 1 aromatic heterocycles. The lowest BCUT2D eigenvalue weighted by atomic mass is 10.2. The standard InChI is InChI=1S/C14H24N4O2/c1-11(10-18-13(3)8-12(2)16-18)9-15-14(19)17-4-6-20-7-5-17/h8,11H,4-7,9-10H2,1-3H3,(H,15,19)/t11-/m0/s1. The summed E-state index contributed by atoms with van der Waals surface area (Å²) in [5, 5.41) is 7.43. The first-order valence-corrected chi connectivity index (χ1v) is 7.18. The van der Waals surface area contributed by atoms with Crippen LogP contribution in [0.15, 0.2) is 6.07 Å². The van der Waals surface area contributed by atoms with Crippen molar-refractivity contribution in [2.75, 3.05) is 32.8 Å². The van der Waals surface area contributed by atoms with Crippen molar-refractivity contribution in [3.8, 4) is 0 Å². The molecule has 0 bridgehead atoms. The summed E-state index contributed by atoms with van der Waals surface area (Å²) in [6, 6.07) is 2.08. The highest BCUT2D eigenvalue weighted by Crippen LogP contribution is 2.06. The first-order valence-electron chi connectivity index (χ1n) is 7.18. The van der Waals surface area contributed by atoms with Gasteiger partial charge in [0.05, 0.1) is 18.9 Å². The second-order valence-corrected chi connectivity index (χ2v) is 5.50. The van der Waals surface area contributed by atoms with Gasteiger partial charge in [-0.25, -0.2) is 4.79 Å². The molecule has 6 nitrogen and oxygen atoms in total. The van der Waals surface area contributed by atoms with Crippen LogP contribution in [0.25, 0.3) is 0 Å². The number of aromatic nitrogens is 2. The molecule has 0 aliphatic carbocycles. The molecule has 2 rings (SSSR count). The van der Waals surface area contributed by atoms with E-state index in [9.17, 15) is 4.79 Å². The Morgan fingerprint density at radius 1 is 1.45 bits per heavy atom. The summed E-state index contributed by atoms with van der Waals surface area (Å²) >= 11 is 0. The number of ether oxygens (including phenoxy) is 1. The van der Waals surface area contributed by atoms with Crippen LogP contribution in [0, 0.1) is 19.8 Å². The fourth-order valence-corrected chi connectivity index (χ4v) is 2.36. The first kappa shape index (κ1) is 14.8. The number of urea groups is 1. The molecule has 0 saturated carbocycles. The topological polar surface area (TPSA) is 59.4 Å². The van der Waals surface area contributed by atoms with Gasteiger partial charge in [0.1, 0.15) is 0 Å². The Bertz CT molecular complexity index is 452. The number of nitrogens with zero attached hydrogens (tertiary/aromatic N) is 3. The second kappa shape index (κ2) is 6.74. The fourth-order valence-electron chi connectivity index (χ4n) is 2.36. The van der Waals surface area contributed by atoms with Crippen molar-refractivity contribution in [2.45, 2.75) is 27.3 Å². The smallest absolute Gasteiger partial charge is 0.317 e. The minimum absolute atomic E-state index is 0.00789. The number of carbonyl (C=O) groups is 1. The predicted octanol–water partition coefficient (Wildman–Crippen LogP) is 1.18. The van der Waals surface area contributed by atoms with E-state index < -0.39 is 0 Å². The first-order chi connectivity index (χ1) is 9.56. The zero-order valence-electron chi connectivity index (χ0n) is 12.6. The number of amides is 2. The van der Waals surface area contributed by atoms with E-state index in [0.29, 0.717) is 38.8 Å². The minimum atomic E-state index is 0.00789. The minimum Gasteiger partial charge on any atom is -0.378 e. The molecule has 1 saturated heterocycles. The molecule has 2 heterocycles. The summed E-state index contributed by atoms with van der Waals surface area (Å²) in [5.74, 6) is 0.345. The third-order valence-electron chi connectivity index (χ3n) is 3.49. The molecule has 20 heavy (non-hydrogen) atoms. The third-order valence-corrected chi connectivity index (χ3v) is 3.49. The van der Waals surface area contributed by atoms with E-state index in [1.54, 1.807) is 4.90 Å². The van der Waals surface area contributed by atoms with Crippen molar-refractivity contribution in [1.82, 2.24) is 20.0 Å². The monoisotopic (exact) mass is 280 g/mol. The molecule has 112 valence electrons. The normalized spacial score (nSPS) is 17.1. The molecule has 0 spiro atoms. The van der Waals surface area contributed by atoms with Gasteiger partial charge in [-0.15, -0.1) is 0 Å². The van der Waals surface area contributed by atoms with Crippen LogP contribution in [0.3, 0.4) is 0 Å². The van der Waals surface area contributed by atoms with E-state index in [1.165, 1.54) is 0 Å². The van der Waals surface area contributed by atoms with Crippen molar-refractivity contribution < 1.29 is 9.53 Å². The summed E-state index contributed by atoms with van der Waals surface area (Å²) in [4.78, 5) is 13.8. The average molecular weight is 280 g/mol. The van der Waals surface area contributed by atoms with E-state index in [-0.39, 0.29) is 6.03 Å². The number of hydrogen-bond donors (Lipinski definition) is 1. The molecule has 0 aromatic carbocycles. The van der Waals surface area contributed by atoms with Gasteiger partial charge in [0, 0.05) is 31.9 Å². The van der Waals surface area contributed by atoms with E-state index in [2.05, 4.69) is 30.3 Å². The summed E-state index contributed by atoms with van der Waals surface area (Å²) in [7, 11) is 0. The number of aryl methyl sites for hydroxylation is 2. The lowest BCUT2D eigenvalue weighted by Gasteiger charge is -2.27. The van der Waals surface area contributed by atoms with Crippen LogP contribution < -0.4 is 5.32 Å². The lowest BCUT2D eigenvalue weighted by Crippen LogP contribution is -2.47. The van der Waals surface area contributed by atoms with Gasteiger partial charge < -0.3 is 15.0 Å². The zero-order chi connectivity index (χ0) is 14.5. The molecule has 1 atom stereocenters. The Hall–Kier alpha value is -1.56. The van der Waals surface area contributed by atoms with Crippen LogP contribution >= 0.6 is 0 Å². The molecule has 2 amide bonds. The Morgan fingerprint density at radius 3 is 2.75 bits per heavy atom. The summed E-state index contributed by atoms with van der Waals surface area (Å²) in [5.41, 5.74) is 2.20. The molecule has 1 aliphatic rings. The fraction of sp³-hybridized carbons (Fsp3) is 0.714. The van der Waals surface area contributed by atoms with Crippen LogP contribution in [0.2, 0.25) is 0 Å². The molecule has 1 aliphatic heterocycles. The summed E-state index contributed by atoms with van der Waals surface area (Å²) in [6.07, 6.45) is 0. The molecular formula is C14H24N4O2. The number of nitrogens with one attached hydrogen (secondary N) is 1. The van der Waals surface area contributed by atoms with Crippen LogP contribution in [0.4, 0.5) is 4.79 Å². The Kier molecular flexibility index (Phi) is 5.00. The second-order valence-electron chi connectivity index (χ2n) is 5.50. The van der Waals surface area contributed by atoms with Crippen molar-refractivity contribution in [2.24, 2.45) is 5.92 Å². The van der Waals surface area contributed by atoms with Gasteiger partial charge in [-0.05, 0) is 25.8 Å². The van der Waals surface area contributed by atoms with Crippen molar-refractivity contribution in [3.05, 3.63) is 17.5 Å². The van der Waals surface area contributed by atoms with Gasteiger partial charge in [-0.2, -0.15) is 5.10 Å². The van der Waals surface area contributed by atoms with Gasteiger partial charge in [0.2, 0.25) is 0 Å². The van der Waals surface area contributed by atoms with Crippen LogP contribution in [0.5, 0.6) is 0 Å². The Labute approximate surface area is 120 Å². The van der Waals surface area contributed by atoms with Crippen LogP contribution in [-0.2, 0) is 11.3 Å². The van der Waals surface area contributed by atoms with Crippen LogP contribution in [0.1, 0.15) is 18.3 Å². The zero-order valence-corrected chi connectivity index (χ0v) is 12.6. The highest BCUT2D eigenvalue weighted by atomic mass is 16.5. The maximum absolute atomic E-state index is 12.0. The van der Waals surface area contributed by atoms with E-state index in [1.807, 2.05) is 11.6 Å². The summed E-state index contributed by atoms with van der Waals surface area (Å²) in [6.45, 7) is 10.3. The maximum atomic E-state index is 12.0. The van der Waals surface area contributed by atoms with Gasteiger partial charge in [-0.1, -0.05) is 6.92 Å². The highest BCUT2D eigenvalue weighted by molar-refractivity contribution is 5.74. The van der Waals surface area contributed by atoms with Gasteiger partial charge >= 0.3 is 6.03 Å². The van der Waals surface area contributed by atoms with Gasteiger partial charge in [0.25, 0.3) is 0 Å². The van der Waals surface area contributed by atoms with Gasteiger partial charge in [0.15, 0.2) is 0 Å². The predicted molar refractivity (Wildman–Crippen MR) is 76.7 cm³/mol. The van der Waals surface area contributed by atoms with Crippen LogP contribution in [-0.4, -0.2) is 53.6 Å². The maximum Gasteiger partial charge on any atom is 0.317 e. The van der Waals surface area contributed by atoms with E-state index in [4.69, 9.17) is 4.74 Å². The van der Waals surface area contributed by atoms with Crippen molar-refractivity contribution >= 4 is 6.03 Å². The van der Waals surface area contributed by atoms with Crippen molar-refractivity contribution in [1.29, 1.82) is 0 Å². The molecule has 0 radical (unpaired) electrons. The molecule has 1 aromatic rings. The molecule has 1 fully saturated rings. The largest absolute Gasteiger partial charge is 0.378 e. The molecule has 1 N–H and O–H groups in total. The summed E-state index contributed by atoms with van der Waals surface area (Å²) < 4.78 is 7.24. The van der Waals surface area contributed by atoms with Gasteiger partial charge in [-0.3, -0.25) is 4.68 Å². The number of rotatable bonds is 4. The molecule has 6 heteroatoms. The number of carbonyl (C=O) groups excluding carboxylic acids is 1. The average Bonchev–Trinajstić information content (AvgIpc) is 2.75. The van der Waals surface area contributed by atoms with E-state index in [0.717, 1.165) is 17.9 Å². The Morgan fingerprint density at radius 2 is 2.15 bits per heavy atom.